The molecule has 0 radical (unpaired) electrons. The largest absolute Gasteiger partial charge is 0.362 e. The normalized spacial score (nSPS) is 9.47. The van der Waals surface area contributed by atoms with Crippen LogP contribution in [0.4, 0.5) is 5.69 Å². The first kappa shape index (κ1) is 13.4. The number of amides is 1. The Morgan fingerprint density at radius 2 is 1.94 bits per heavy atom. The molecule has 1 aromatic rings. The number of carbonyl (C=O) groups excluding carboxylic acids is 1. The molecule has 17 heavy (non-hydrogen) atoms. The van der Waals surface area contributed by atoms with E-state index in [1.807, 2.05) is 37.3 Å². The van der Waals surface area contributed by atoms with Gasteiger partial charge < -0.3 is 16.0 Å². The van der Waals surface area contributed by atoms with Crippen molar-refractivity contribution >= 4 is 28.9 Å². The number of benzene rings is 1. The van der Waals surface area contributed by atoms with Crippen LogP contribution in [0.1, 0.15) is 13.3 Å². The number of anilines is 1. The van der Waals surface area contributed by atoms with Gasteiger partial charge in [-0.15, -0.1) is 0 Å². The van der Waals surface area contributed by atoms with E-state index in [0.29, 0.717) is 24.6 Å². The maximum absolute atomic E-state index is 11.2. The molecule has 92 valence electrons. The van der Waals surface area contributed by atoms with Gasteiger partial charge in [0.15, 0.2) is 5.11 Å². The first-order valence-electron chi connectivity index (χ1n) is 5.59. The lowest BCUT2D eigenvalue weighted by molar-refractivity contribution is -0.120. The SMILES string of the molecule is CCNC(=O)CCNC(=S)Nc1ccccc1. The average Bonchev–Trinajstić information content (AvgIpc) is 2.30. The minimum Gasteiger partial charge on any atom is -0.362 e. The summed E-state index contributed by atoms with van der Waals surface area (Å²) in [4.78, 5) is 11.2. The molecule has 0 aliphatic carbocycles. The lowest BCUT2D eigenvalue weighted by Crippen LogP contribution is -2.33. The lowest BCUT2D eigenvalue weighted by atomic mass is 10.3. The highest BCUT2D eigenvalue weighted by atomic mass is 32.1. The molecule has 0 spiro atoms. The van der Waals surface area contributed by atoms with Gasteiger partial charge in [-0.25, -0.2) is 0 Å². The van der Waals surface area contributed by atoms with Crippen LogP contribution in [0, 0.1) is 0 Å². The van der Waals surface area contributed by atoms with Gasteiger partial charge in [-0.05, 0) is 31.3 Å². The van der Waals surface area contributed by atoms with Gasteiger partial charge >= 0.3 is 0 Å². The van der Waals surface area contributed by atoms with Crippen LogP contribution < -0.4 is 16.0 Å². The minimum atomic E-state index is 0.0301. The van der Waals surface area contributed by atoms with Crippen molar-refractivity contribution in [1.82, 2.24) is 10.6 Å². The van der Waals surface area contributed by atoms with Crippen LogP contribution in [-0.2, 0) is 4.79 Å². The summed E-state index contributed by atoms with van der Waals surface area (Å²) in [6.07, 6.45) is 0.421. The zero-order chi connectivity index (χ0) is 12.5. The highest BCUT2D eigenvalue weighted by Gasteiger charge is 2.00. The van der Waals surface area contributed by atoms with E-state index >= 15 is 0 Å². The molecule has 0 fully saturated rings. The third-order valence-electron chi connectivity index (χ3n) is 2.04. The van der Waals surface area contributed by atoms with Gasteiger partial charge in [0.1, 0.15) is 0 Å². The zero-order valence-corrected chi connectivity index (χ0v) is 10.6. The summed E-state index contributed by atoms with van der Waals surface area (Å²) in [5, 5.41) is 9.27. The van der Waals surface area contributed by atoms with Crippen molar-refractivity contribution in [3.63, 3.8) is 0 Å². The lowest BCUT2D eigenvalue weighted by Gasteiger charge is -2.10. The first-order valence-corrected chi connectivity index (χ1v) is 5.99. The van der Waals surface area contributed by atoms with Crippen molar-refractivity contribution in [2.45, 2.75) is 13.3 Å². The number of carbonyl (C=O) groups is 1. The van der Waals surface area contributed by atoms with Crippen LogP contribution in [0.3, 0.4) is 0 Å². The molecule has 1 rings (SSSR count). The molecule has 0 saturated heterocycles. The third kappa shape index (κ3) is 5.87. The molecule has 0 unspecified atom stereocenters. The number of nitrogens with one attached hydrogen (secondary N) is 3. The standard InChI is InChI=1S/C12H17N3OS/c1-2-13-11(16)8-9-14-12(17)15-10-6-4-3-5-7-10/h3-7H,2,8-9H2,1H3,(H,13,16)(H2,14,15,17). The summed E-state index contributed by atoms with van der Waals surface area (Å²) in [7, 11) is 0. The molecule has 0 bridgehead atoms. The van der Waals surface area contributed by atoms with Crippen LogP contribution in [0.25, 0.3) is 0 Å². The van der Waals surface area contributed by atoms with Crippen LogP contribution in [-0.4, -0.2) is 24.1 Å². The molecule has 0 aromatic heterocycles. The predicted octanol–water partition coefficient (Wildman–Crippen LogP) is 1.50. The van der Waals surface area contributed by atoms with Crippen molar-refractivity contribution in [2.24, 2.45) is 0 Å². The second-order valence-corrected chi connectivity index (χ2v) is 3.86. The van der Waals surface area contributed by atoms with Crippen LogP contribution in [0.2, 0.25) is 0 Å². The van der Waals surface area contributed by atoms with Gasteiger partial charge in [0.25, 0.3) is 0 Å². The van der Waals surface area contributed by atoms with Gasteiger partial charge in [-0.3, -0.25) is 4.79 Å². The smallest absolute Gasteiger partial charge is 0.221 e. The summed E-state index contributed by atoms with van der Waals surface area (Å²) in [6, 6.07) is 9.66. The van der Waals surface area contributed by atoms with E-state index in [9.17, 15) is 4.79 Å². The van der Waals surface area contributed by atoms with E-state index in [4.69, 9.17) is 12.2 Å². The fourth-order valence-corrected chi connectivity index (χ4v) is 1.49. The molecule has 0 saturated carbocycles. The molecule has 5 heteroatoms. The van der Waals surface area contributed by atoms with E-state index < -0.39 is 0 Å². The molecule has 3 N–H and O–H groups in total. The van der Waals surface area contributed by atoms with Gasteiger partial charge in [-0.1, -0.05) is 18.2 Å². The topological polar surface area (TPSA) is 53.2 Å². The van der Waals surface area contributed by atoms with Crippen LogP contribution in [0.5, 0.6) is 0 Å². The molecule has 4 nitrogen and oxygen atoms in total. The molecule has 1 amide bonds. The highest BCUT2D eigenvalue weighted by Crippen LogP contribution is 2.04. The van der Waals surface area contributed by atoms with Crippen molar-refractivity contribution in [3.8, 4) is 0 Å². The van der Waals surface area contributed by atoms with Crippen LogP contribution in [0.15, 0.2) is 30.3 Å². The number of rotatable bonds is 5. The number of para-hydroxylation sites is 1. The summed E-state index contributed by atoms with van der Waals surface area (Å²) in [6.45, 7) is 3.09. The van der Waals surface area contributed by atoms with Gasteiger partial charge in [0.05, 0.1) is 0 Å². The maximum Gasteiger partial charge on any atom is 0.221 e. The monoisotopic (exact) mass is 251 g/mol. The summed E-state index contributed by atoms with van der Waals surface area (Å²) in [5.41, 5.74) is 0.933. The van der Waals surface area contributed by atoms with Gasteiger partial charge in [0, 0.05) is 25.2 Å². The molecular weight excluding hydrogens is 234 g/mol. The number of thiocarbonyl (C=S) groups is 1. The van der Waals surface area contributed by atoms with Gasteiger partial charge in [0.2, 0.25) is 5.91 Å². The van der Waals surface area contributed by atoms with Crippen molar-refractivity contribution in [2.75, 3.05) is 18.4 Å². The Hall–Kier alpha value is -1.62. The van der Waals surface area contributed by atoms with Gasteiger partial charge in [-0.2, -0.15) is 0 Å². The molecule has 1 aromatic carbocycles. The summed E-state index contributed by atoms with van der Waals surface area (Å²) in [5.74, 6) is 0.0301. The van der Waals surface area contributed by atoms with Crippen molar-refractivity contribution in [3.05, 3.63) is 30.3 Å². The van der Waals surface area contributed by atoms with E-state index in [1.54, 1.807) is 0 Å². The Balaban J connectivity index is 2.20. The maximum atomic E-state index is 11.2. The second kappa shape index (κ2) is 7.62. The Bertz CT molecular complexity index is 367. The van der Waals surface area contributed by atoms with Crippen molar-refractivity contribution < 1.29 is 4.79 Å². The van der Waals surface area contributed by atoms with E-state index in [-0.39, 0.29) is 5.91 Å². The Morgan fingerprint density at radius 3 is 2.59 bits per heavy atom. The molecule has 0 atom stereocenters. The zero-order valence-electron chi connectivity index (χ0n) is 9.82. The Morgan fingerprint density at radius 1 is 1.24 bits per heavy atom. The van der Waals surface area contributed by atoms with E-state index in [1.165, 1.54) is 0 Å². The fourth-order valence-electron chi connectivity index (χ4n) is 1.27. The highest BCUT2D eigenvalue weighted by molar-refractivity contribution is 7.80. The quantitative estimate of drug-likeness (QED) is 0.694. The molecular formula is C12H17N3OS. The Labute approximate surface area is 107 Å². The Kier molecular flexibility index (Phi) is 6.03. The average molecular weight is 251 g/mol. The summed E-state index contributed by atoms with van der Waals surface area (Å²) < 4.78 is 0. The first-order chi connectivity index (χ1) is 8.22. The fraction of sp³-hybridized carbons (Fsp3) is 0.333. The van der Waals surface area contributed by atoms with E-state index in [2.05, 4.69) is 16.0 Å². The predicted molar refractivity (Wildman–Crippen MR) is 74.0 cm³/mol. The third-order valence-corrected chi connectivity index (χ3v) is 2.29. The number of hydrogen-bond donors (Lipinski definition) is 3. The minimum absolute atomic E-state index is 0.0301. The van der Waals surface area contributed by atoms with Crippen LogP contribution >= 0.6 is 12.2 Å². The summed E-state index contributed by atoms with van der Waals surface area (Å²) >= 11 is 5.10. The number of hydrogen-bond acceptors (Lipinski definition) is 2. The molecule has 0 heterocycles. The molecule has 0 aliphatic heterocycles. The van der Waals surface area contributed by atoms with Crippen molar-refractivity contribution in [1.29, 1.82) is 0 Å². The molecule has 0 aliphatic rings. The second-order valence-electron chi connectivity index (χ2n) is 3.45. The van der Waals surface area contributed by atoms with E-state index in [0.717, 1.165) is 5.69 Å².